The van der Waals surface area contributed by atoms with Crippen LogP contribution in [0.2, 0.25) is 0 Å². The molecule has 1 aromatic rings. The van der Waals surface area contributed by atoms with Crippen molar-refractivity contribution in [3.63, 3.8) is 0 Å². The Labute approximate surface area is 179 Å². The maximum absolute atomic E-state index is 13.8. The first-order valence-electron chi connectivity index (χ1n) is 10.5. The lowest BCUT2D eigenvalue weighted by Crippen LogP contribution is -2.74. The normalized spacial score (nSPS) is 34.4. The molecule has 1 spiro atoms. The predicted molar refractivity (Wildman–Crippen MR) is 109 cm³/mol. The Morgan fingerprint density at radius 1 is 1.29 bits per heavy atom. The van der Waals surface area contributed by atoms with Gasteiger partial charge in [0, 0.05) is 36.7 Å². The van der Waals surface area contributed by atoms with Gasteiger partial charge in [-0.15, -0.1) is 0 Å². The SMILES string of the molecule is CC(=O)OC[C@@H]1[C@H]2COC3(CC=C(C)C)C(=O)[C@@H]1C=C1C(=O)c4c(O)cccc4O[C@]123. The second-order valence-electron chi connectivity index (χ2n) is 8.98. The highest BCUT2D eigenvalue weighted by atomic mass is 16.6. The van der Waals surface area contributed by atoms with Gasteiger partial charge < -0.3 is 19.3 Å². The van der Waals surface area contributed by atoms with Crippen LogP contribution in [0.15, 0.2) is 41.5 Å². The van der Waals surface area contributed by atoms with Gasteiger partial charge in [0.05, 0.1) is 13.2 Å². The van der Waals surface area contributed by atoms with Crippen LogP contribution in [-0.4, -0.2) is 47.1 Å². The number of phenolic OH excluding ortho intramolecular Hbond substituents is 1. The van der Waals surface area contributed by atoms with Gasteiger partial charge in [0.25, 0.3) is 0 Å². The van der Waals surface area contributed by atoms with Crippen LogP contribution < -0.4 is 4.74 Å². The fraction of sp³-hybridized carbons (Fsp3) is 0.458. The number of fused-ring (bicyclic) bond motifs is 1. The van der Waals surface area contributed by atoms with E-state index >= 15 is 0 Å². The summed E-state index contributed by atoms with van der Waals surface area (Å²) in [5, 5.41) is 10.3. The minimum absolute atomic E-state index is 0.0501. The molecule has 1 unspecified atom stereocenters. The number of hydrogen-bond acceptors (Lipinski definition) is 7. The van der Waals surface area contributed by atoms with Gasteiger partial charge in [-0.05, 0) is 26.0 Å². The Morgan fingerprint density at radius 3 is 2.77 bits per heavy atom. The molecule has 0 aromatic heterocycles. The molecule has 1 N–H and O–H groups in total. The van der Waals surface area contributed by atoms with E-state index in [2.05, 4.69) is 0 Å². The number of esters is 1. The molecule has 1 aromatic carbocycles. The Balaban J connectivity index is 1.73. The summed E-state index contributed by atoms with van der Waals surface area (Å²) in [5.74, 6) is -2.19. The van der Waals surface area contributed by atoms with E-state index in [1.807, 2.05) is 19.9 Å². The van der Waals surface area contributed by atoms with Crippen molar-refractivity contribution in [1.82, 2.24) is 0 Å². The average Bonchev–Trinajstić information content (AvgIpc) is 2.99. The molecule has 1 saturated carbocycles. The first-order valence-corrected chi connectivity index (χ1v) is 10.5. The number of hydrogen-bond donors (Lipinski definition) is 1. The molecule has 162 valence electrons. The van der Waals surface area contributed by atoms with Crippen molar-refractivity contribution in [3.8, 4) is 11.5 Å². The summed E-state index contributed by atoms with van der Waals surface area (Å²) in [7, 11) is 0. The zero-order valence-corrected chi connectivity index (χ0v) is 17.6. The lowest BCUT2D eigenvalue weighted by Gasteiger charge is -2.58. The number of rotatable bonds is 4. The largest absolute Gasteiger partial charge is 0.507 e. The Hall–Kier alpha value is -2.93. The summed E-state index contributed by atoms with van der Waals surface area (Å²) in [6, 6.07) is 4.67. The second kappa shape index (κ2) is 6.53. The van der Waals surface area contributed by atoms with Crippen LogP contribution in [0.3, 0.4) is 0 Å². The number of carbonyl (C=O) groups is 3. The molecular weight excluding hydrogens is 400 g/mol. The fourth-order valence-electron chi connectivity index (χ4n) is 5.76. The standard InChI is InChI=1S/C24H24O7/c1-12(2)7-8-23-22(28)14-9-16-21(27)20-18(26)5-4-6-19(20)31-24(16,23)17(11-30-23)15(14)10-29-13(3)25/h4-7,9,14-15,17,26H,8,10-11H2,1-3H3/t14-,15+,17-,23?,24-/m1/s1. The van der Waals surface area contributed by atoms with Crippen LogP contribution >= 0.6 is 0 Å². The molecule has 7 nitrogen and oxygen atoms in total. The van der Waals surface area contributed by atoms with Gasteiger partial charge in [-0.3, -0.25) is 14.4 Å². The summed E-state index contributed by atoms with van der Waals surface area (Å²) in [4.78, 5) is 38.8. The fourth-order valence-corrected chi connectivity index (χ4v) is 5.76. The third kappa shape index (κ3) is 2.41. The first-order chi connectivity index (χ1) is 14.7. The predicted octanol–water partition coefficient (Wildman–Crippen LogP) is 2.77. The Morgan fingerprint density at radius 2 is 2.06 bits per heavy atom. The van der Waals surface area contributed by atoms with E-state index in [0.717, 1.165) is 5.57 Å². The molecule has 7 heteroatoms. The van der Waals surface area contributed by atoms with Crippen molar-refractivity contribution in [2.24, 2.45) is 17.8 Å². The van der Waals surface area contributed by atoms with Crippen LogP contribution in [0.1, 0.15) is 37.6 Å². The number of Topliss-reactive ketones (excluding diaryl/α,β-unsaturated/α-hetero) is 2. The van der Waals surface area contributed by atoms with Crippen molar-refractivity contribution in [2.45, 2.75) is 38.4 Å². The van der Waals surface area contributed by atoms with E-state index in [-0.39, 0.29) is 60.1 Å². The van der Waals surface area contributed by atoms with Crippen molar-refractivity contribution in [1.29, 1.82) is 0 Å². The van der Waals surface area contributed by atoms with Crippen LogP contribution in [0.4, 0.5) is 0 Å². The maximum atomic E-state index is 13.8. The number of phenols is 1. The molecule has 0 amide bonds. The molecule has 31 heavy (non-hydrogen) atoms. The maximum Gasteiger partial charge on any atom is 0.302 e. The molecule has 6 rings (SSSR count). The minimum atomic E-state index is -1.34. The van der Waals surface area contributed by atoms with Crippen LogP contribution in [0.5, 0.6) is 11.5 Å². The van der Waals surface area contributed by atoms with Crippen molar-refractivity contribution in [3.05, 3.63) is 47.1 Å². The number of benzene rings is 1. The lowest BCUT2D eigenvalue weighted by molar-refractivity contribution is -0.174. The minimum Gasteiger partial charge on any atom is -0.507 e. The molecule has 2 aliphatic heterocycles. The molecule has 5 atom stereocenters. The quantitative estimate of drug-likeness (QED) is 0.586. The van der Waals surface area contributed by atoms with Gasteiger partial charge in [-0.1, -0.05) is 23.8 Å². The summed E-state index contributed by atoms with van der Waals surface area (Å²) in [6.07, 6.45) is 3.86. The van der Waals surface area contributed by atoms with Gasteiger partial charge in [0.1, 0.15) is 17.1 Å². The highest BCUT2D eigenvalue weighted by Crippen LogP contribution is 2.65. The van der Waals surface area contributed by atoms with E-state index in [4.69, 9.17) is 14.2 Å². The van der Waals surface area contributed by atoms with Gasteiger partial charge >= 0.3 is 5.97 Å². The molecule has 1 saturated heterocycles. The van der Waals surface area contributed by atoms with E-state index in [1.165, 1.54) is 13.0 Å². The van der Waals surface area contributed by atoms with E-state index in [9.17, 15) is 19.5 Å². The number of ketones is 2. The van der Waals surface area contributed by atoms with Gasteiger partial charge in [0.2, 0.25) is 0 Å². The van der Waals surface area contributed by atoms with Gasteiger partial charge in [0.15, 0.2) is 22.8 Å². The van der Waals surface area contributed by atoms with Crippen LogP contribution in [-0.2, 0) is 19.1 Å². The molecule has 2 heterocycles. The molecule has 3 aliphatic carbocycles. The van der Waals surface area contributed by atoms with Crippen molar-refractivity contribution >= 4 is 17.5 Å². The molecule has 4 bridgehead atoms. The average molecular weight is 424 g/mol. The van der Waals surface area contributed by atoms with Crippen molar-refractivity contribution < 1.29 is 33.7 Å². The monoisotopic (exact) mass is 424 g/mol. The molecule has 0 radical (unpaired) electrons. The van der Waals surface area contributed by atoms with E-state index in [1.54, 1.807) is 18.2 Å². The van der Waals surface area contributed by atoms with Crippen LogP contribution in [0.25, 0.3) is 0 Å². The molecule has 2 fully saturated rings. The Bertz CT molecular complexity index is 1080. The number of aromatic hydroxyl groups is 1. The summed E-state index contributed by atoms with van der Waals surface area (Å²) >= 11 is 0. The van der Waals surface area contributed by atoms with Gasteiger partial charge in [-0.25, -0.2) is 0 Å². The van der Waals surface area contributed by atoms with Crippen molar-refractivity contribution in [2.75, 3.05) is 13.2 Å². The zero-order chi connectivity index (χ0) is 22.1. The lowest BCUT2D eigenvalue weighted by atomic mass is 9.49. The topological polar surface area (TPSA) is 99.1 Å². The van der Waals surface area contributed by atoms with E-state index in [0.29, 0.717) is 5.57 Å². The zero-order valence-electron chi connectivity index (χ0n) is 17.6. The van der Waals surface area contributed by atoms with Crippen LogP contribution in [0, 0.1) is 17.8 Å². The smallest absolute Gasteiger partial charge is 0.302 e. The second-order valence-corrected chi connectivity index (χ2v) is 8.98. The summed E-state index contributed by atoms with van der Waals surface area (Å²) in [5.41, 5.74) is -1.18. The number of carbonyl (C=O) groups excluding carboxylic acids is 3. The third-order valence-electron chi connectivity index (χ3n) is 7.08. The van der Waals surface area contributed by atoms with E-state index < -0.39 is 23.1 Å². The number of allylic oxidation sites excluding steroid dienone is 2. The first kappa shape index (κ1) is 20.0. The molecule has 5 aliphatic rings. The third-order valence-corrected chi connectivity index (χ3v) is 7.08. The number of ether oxygens (including phenoxy) is 3. The Kier molecular flexibility index (Phi) is 4.21. The highest BCUT2D eigenvalue weighted by molar-refractivity contribution is 6.18. The summed E-state index contributed by atoms with van der Waals surface area (Å²) < 4.78 is 18.1. The molecular formula is C24H24O7. The summed E-state index contributed by atoms with van der Waals surface area (Å²) in [6.45, 7) is 5.46. The highest BCUT2D eigenvalue weighted by Gasteiger charge is 2.79. The van der Waals surface area contributed by atoms with Gasteiger partial charge in [-0.2, -0.15) is 0 Å².